The number of H-pyrrole nitrogens is 1. The third-order valence-corrected chi connectivity index (χ3v) is 4.20. The van der Waals surface area contributed by atoms with E-state index >= 15 is 0 Å². The monoisotopic (exact) mass is 288 g/mol. The van der Waals surface area contributed by atoms with E-state index in [4.69, 9.17) is 0 Å². The molecule has 0 amide bonds. The predicted molar refractivity (Wildman–Crippen MR) is 75.9 cm³/mol. The summed E-state index contributed by atoms with van der Waals surface area (Å²) in [5, 5.41) is 6.90. The number of nitrogens with one attached hydrogen (secondary N) is 2. The van der Waals surface area contributed by atoms with Crippen LogP contribution in [0.3, 0.4) is 0 Å². The molecular formula is C13H12N4O2S. The Labute approximate surface area is 115 Å². The number of aromatic amines is 1. The van der Waals surface area contributed by atoms with Gasteiger partial charge in [-0.2, -0.15) is 5.10 Å². The Kier molecular flexibility index (Phi) is 2.90. The van der Waals surface area contributed by atoms with Gasteiger partial charge in [0.05, 0.1) is 17.4 Å². The van der Waals surface area contributed by atoms with Crippen molar-refractivity contribution in [2.45, 2.75) is 11.8 Å². The first-order valence-corrected chi connectivity index (χ1v) is 7.42. The molecule has 2 aromatic heterocycles. The quantitative estimate of drug-likeness (QED) is 0.772. The Hall–Kier alpha value is -2.41. The second-order valence-electron chi connectivity index (χ2n) is 4.37. The Morgan fingerprint density at radius 1 is 1.25 bits per heavy atom. The van der Waals surface area contributed by atoms with Crippen LogP contribution in [-0.2, 0) is 10.0 Å². The van der Waals surface area contributed by atoms with E-state index < -0.39 is 10.0 Å². The van der Waals surface area contributed by atoms with Crippen LogP contribution in [0.1, 0.15) is 5.69 Å². The van der Waals surface area contributed by atoms with Crippen molar-refractivity contribution in [2.24, 2.45) is 0 Å². The average Bonchev–Trinajstić information content (AvgIpc) is 2.92. The smallest absolute Gasteiger partial charge is 0.265 e. The number of nitrogens with zero attached hydrogens (tertiary/aromatic N) is 2. The van der Waals surface area contributed by atoms with Crippen LogP contribution in [0.15, 0.2) is 47.6 Å². The first-order chi connectivity index (χ1) is 9.56. The lowest BCUT2D eigenvalue weighted by molar-refractivity contribution is 0.601. The first-order valence-electron chi connectivity index (χ1n) is 5.94. The zero-order valence-corrected chi connectivity index (χ0v) is 11.5. The van der Waals surface area contributed by atoms with Crippen molar-refractivity contribution in [1.82, 2.24) is 15.2 Å². The summed E-state index contributed by atoms with van der Waals surface area (Å²) in [6.45, 7) is 1.82. The van der Waals surface area contributed by atoms with Gasteiger partial charge in [0.2, 0.25) is 0 Å². The molecular weight excluding hydrogens is 276 g/mol. The van der Waals surface area contributed by atoms with Gasteiger partial charge in [-0.15, -0.1) is 0 Å². The lowest BCUT2D eigenvalue weighted by Crippen LogP contribution is -2.12. The second-order valence-corrected chi connectivity index (χ2v) is 6.05. The summed E-state index contributed by atoms with van der Waals surface area (Å²) in [6.07, 6.45) is 2.59. The van der Waals surface area contributed by atoms with E-state index in [0.717, 1.165) is 16.6 Å². The minimum Gasteiger partial charge on any atom is -0.284 e. The van der Waals surface area contributed by atoms with Crippen molar-refractivity contribution >= 4 is 26.6 Å². The van der Waals surface area contributed by atoms with Crippen LogP contribution < -0.4 is 4.72 Å². The first kappa shape index (κ1) is 12.6. The lowest BCUT2D eigenvalue weighted by atomic mass is 10.2. The Balaban J connectivity index is 2.12. The number of hydrogen-bond donors (Lipinski definition) is 2. The molecule has 102 valence electrons. The molecule has 7 heteroatoms. The van der Waals surface area contributed by atoms with E-state index in [0.29, 0.717) is 5.69 Å². The number of hydrogen-bond acceptors (Lipinski definition) is 4. The van der Waals surface area contributed by atoms with E-state index in [1.807, 2.05) is 31.2 Å². The molecule has 2 heterocycles. The number of para-hydroxylation sites is 1. The summed E-state index contributed by atoms with van der Waals surface area (Å²) in [6, 6.07) is 9.09. The molecule has 0 unspecified atom stereocenters. The largest absolute Gasteiger partial charge is 0.284 e. The van der Waals surface area contributed by atoms with E-state index in [1.54, 1.807) is 6.07 Å². The zero-order chi connectivity index (χ0) is 14.2. The molecule has 0 atom stereocenters. The number of aryl methyl sites for hydroxylation is 1. The van der Waals surface area contributed by atoms with E-state index in [2.05, 4.69) is 19.9 Å². The Morgan fingerprint density at radius 2 is 2.05 bits per heavy atom. The van der Waals surface area contributed by atoms with Crippen LogP contribution in [0, 0.1) is 6.92 Å². The van der Waals surface area contributed by atoms with E-state index in [1.165, 1.54) is 12.4 Å². The standard InChI is InChI=1S/C13H12N4O2S/c1-9-6-13(11-4-2-3-5-12(11)16-9)17-20(18,19)10-7-14-15-8-10/h2-8H,1H3,(H,14,15)(H,16,17). The number of pyridine rings is 1. The van der Waals surface area contributed by atoms with Crippen LogP contribution in [0.25, 0.3) is 10.9 Å². The van der Waals surface area contributed by atoms with Gasteiger partial charge in [0.1, 0.15) is 4.90 Å². The topological polar surface area (TPSA) is 87.7 Å². The zero-order valence-electron chi connectivity index (χ0n) is 10.7. The molecule has 0 aliphatic rings. The van der Waals surface area contributed by atoms with Crippen LogP contribution in [-0.4, -0.2) is 23.6 Å². The number of benzene rings is 1. The molecule has 0 aliphatic heterocycles. The normalized spacial score (nSPS) is 11.7. The summed E-state index contributed by atoms with van der Waals surface area (Å²) in [7, 11) is -3.65. The summed E-state index contributed by atoms with van der Waals surface area (Å²) >= 11 is 0. The maximum absolute atomic E-state index is 12.2. The fourth-order valence-corrected chi connectivity index (χ4v) is 2.96. The number of anilines is 1. The van der Waals surface area contributed by atoms with Gasteiger partial charge >= 0.3 is 0 Å². The van der Waals surface area contributed by atoms with Crippen LogP contribution in [0.5, 0.6) is 0 Å². The molecule has 2 N–H and O–H groups in total. The van der Waals surface area contributed by atoms with Crippen molar-refractivity contribution in [1.29, 1.82) is 0 Å². The van der Waals surface area contributed by atoms with Crippen molar-refractivity contribution in [3.8, 4) is 0 Å². The van der Waals surface area contributed by atoms with Gasteiger partial charge in [0.25, 0.3) is 10.0 Å². The van der Waals surface area contributed by atoms with Gasteiger partial charge in [-0.05, 0) is 19.1 Å². The summed E-state index contributed by atoms with van der Waals surface area (Å²) in [5.74, 6) is 0. The maximum Gasteiger partial charge on any atom is 0.265 e. The Morgan fingerprint density at radius 3 is 2.80 bits per heavy atom. The Bertz CT molecular complexity index is 857. The van der Waals surface area contributed by atoms with Crippen LogP contribution >= 0.6 is 0 Å². The number of rotatable bonds is 3. The SMILES string of the molecule is Cc1cc(NS(=O)(=O)c2cn[nH]c2)c2ccccc2n1. The lowest BCUT2D eigenvalue weighted by Gasteiger charge is -2.10. The molecule has 1 aromatic carbocycles. The van der Waals surface area contributed by atoms with Crippen molar-refractivity contribution in [3.05, 3.63) is 48.4 Å². The van der Waals surface area contributed by atoms with E-state index in [9.17, 15) is 8.42 Å². The molecule has 0 spiro atoms. The third-order valence-electron chi connectivity index (χ3n) is 2.87. The second kappa shape index (κ2) is 4.61. The third kappa shape index (κ3) is 2.23. The molecule has 0 radical (unpaired) electrons. The number of fused-ring (bicyclic) bond motifs is 1. The summed E-state index contributed by atoms with van der Waals surface area (Å²) < 4.78 is 27.0. The molecule has 3 aromatic rings. The van der Waals surface area contributed by atoms with Crippen LogP contribution in [0.2, 0.25) is 0 Å². The van der Waals surface area contributed by atoms with E-state index in [-0.39, 0.29) is 4.90 Å². The van der Waals surface area contributed by atoms with Gasteiger partial charge in [0, 0.05) is 17.3 Å². The molecule has 6 nitrogen and oxygen atoms in total. The minimum absolute atomic E-state index is 0.0936. The minimum atomic E-state index is -3.65. The molecule has 0 bridgehead atoms. The van der Waals surface area contributed by atoms with Gasteiger partial charge in [0.15, 0.2) is 0 Å². The van der Waals surface area contributed by atoms with Crippen molar-refractivity contribution in [2.75, 3.05) is 4.72 Å². The van der Waals surface area contributed by atoms with Gasteiger partial charge in [-0.3, -0.25) is 14.8 Å². The molecule has 0 saturated heterocycles. The van der Waals surface area contributed by atoms with Gasteiger partial charge in [-0.1, -0.05) is 18.2 Å². The average molecular weight is 288 g/mol. The maximum atomic E-state index is 12.2. The highest BCUT2D eigenvalue weighted by Gasteiger charge is 2.17. The molecule has 20 heavy (non-hydrogen) atoms. The molecule has 0 fully saturated rings. The van der Waals surface area contributed by atoms with Crippen molar-refractivity contribution < 1.29 is 8.42 Å². The van der Waals surface area contributed by atoms with Crippen LogP contribution in [0.4, 0.5) is 5.69 Å². The highest BCUT2D eigenvalue weighted by atomic mass is 32.2. The fraction of sp³-hybridized carbons (Fsp3) is 0.0769. The fourth-order valence-electron chi connectivity index (χ4n) is 1.98. The summed E-state index contributed by atoms with van der Waals surface area (Å²) in [4.78, 5) is 4.47. The van der Waals surface area contributed by atoms with Crippen molar-refractivity contribution in [3.63, 3.8) is 0 Å². The summed E-state index contributed by atoms with van der Waals surface area (Å²) in [5.41, 5.74) is 2.00. The number of sulfonamides is 1. The van der Waals surface area contributed by atoms with Gasteiger partial charge < -0.3 is 0 Å². The molecule has 0 saturated carbocycles. The highest BCUT2D eigenvalue weighted by molar-refractivity contribution is 7.92. The predicted octanol–water partition coefficient (Wildman–Crippen LogP) is 2.07. The van der Waals surface area contributed by atoms with Gasteiger partial charge in [-0.25, -0.2) is 8.42 Å². The number of aromatic nitrogens is 3. The molecule has 3 rings (SSSR count). The molecule has 0 aliphatic carbocycles. The highest BCUT2D eigenvalue weighted by Crippen LogP contribution is 2.25.